The number of ether oxygens (including phenoxy) is 3. The van der Waals surface area contributed by atoms with Crippen molar-refractivity contribution in [3.63, 3.8) is 0 Å². The normalized spacial score (nSPS) is 10.9. The number of para-hydroxylation sites is 1. The number of methoxy groups -OCH3 is 2. The van der Waals surface area contributed by atoms with E-state index in [1.807, 2.05) is 36.4 Å². The molecule has 0 unspecified atom stereocenters. The van der Waals surface area contributed by atoms with Gasteiger partial charge >= 0.3 is 5.97 Å². The van der Waals surface area contributed by atoms with E-state index in [4.69, 9.17) is 25.8 Å². The molecule has 3 rings (SSSR count). The van der Waals surface area contributed by atoms with Crippen LogP contribution >= 0.6 is 11.6 Å². The smallest absolute Gasteiger partial charge is 0.339 e. The molecule has 0 aliphatic carbocycles. The lowest BCUT2D eigenvalue weighted by molar-refractivity contribution is -0.141. The zero-order valence-electron chi connectivity index (χ0n) is 17.6. The number of nitrogens with one attached hydrogen (secondary N) is 1. The van der Waals surface area contributed by atoms with Crippen molar-refractivity contribution in [1.29, 1.82) is 0 Å². The lowest BCUT2D eigenvalue weighted by atomic mass is 10.0. The highest BCUT2D eigenvalue weighted by atomic mass is 35.5. The maximum Gasteiger partial charge on any atom is 0.339 e. The molecule has 0 radical (unpaired) electrons. The first-order valence-electron chi connectivity index (χ1n) is 9.72. The Hall–Kier alpha value is -3.77. The highest BCUT2D eigenvalue weighted by molar-refractivity contribution is 6.32. The van der Waals surface area contributed by atoms with Crippen LogP contribution in [0.3, 0.4) is 0 Å². The summed E-state index contributed by atoms with van der Waals surface area (Å²) in [6.07, 6.45) is 1.68. The van der Waals surface area contributed by atoms with Gasteiger partial charge in [-0.2, -0.15) is 0 Å². The van der Waals surface area contributed by atoms with Crippen LogP contribution < -0.4 is 14.8 Å². The molecule has 0 spiro atoms. The number of benzene rings is 3. The first kappa shape index (κ1) is 22.9. The molecule has 0 aliphatic rings. The van der Waals surface area contributed by atoms with Crippen LogP contribution in [0.1, 0.15) is 11.1 Å². The summed E-state index contributed by atoms with van der Waals surface area (Å²) in [6, 6.07) is 21.2. The van der Waals surface area contributed by atoms with Gasteiger partial charge in [-0.3, -0.25) is 4.79 Å². The second-order valence-electron chi connectivity index (χ2n) is 6.64. The Kier molecular flexibility index (Phi) is 7.89. The molecule has 0 saturated heterocycles. The van der Waals surface area contributed by atoms with Crippen LogP contribution in [-0.2, 0) is 14.3 Å². The van der Waals surface area contributed by atoms with E-state index in [2.05, 4.69) is 5.32 Å². The number of amides is 1. The zero-order valence-corrected chi connectivity index (χ0v) is 18.4. The molecule has 0 saturated carbocycles. The van der Waals surface area contributed by atoms with Crippen molar-refractivity contribution in [2.24, 2.45) is 0 Å². The predicted molar refractivity (Wildman–Crippen MR) is 125 cm³/mol. The maximum atomic E-state index is 12.9. The fourth-order valence-electron chi connectivity index (χ4n) is 2.97. The molecule has 164 valence electrons. The van der Waals surface area contributed by atoms with Crippen LogP contribution in [0, 0.1) is 0 Å². The van der Waals surface area contributed by atoms with Gasteiger partial charge in [0.05, 0.1) is 24.8 Å². The number of halogens is 1. The van der Waals surface area contributed by atoms with Gasteiger partial charge in [0.1, 0.15) is 11.5 Å². The van der Waals surface area contributed by atoms with Gasteiger partial charge in [0.15, 0.2) is 6.61 Å². The van der Waals surface area contributed by atoms with Crippen molar-refractivity contribution in [2.45, 2.75) is 0 Å². The number of hydrogen-bond acceptors (Lipinski definition) is 5. The zero-order chi connectivity index (χ0) is 22.9. The molecule has 0 atom stereocenters. The SMILES string of the molecule is COc1ccc(NC(=O)COC(=O)/C(=C/c2ccccc2OC)c2ccccc2)cc1Cl. The summed E-state index contributed by atoms with van der Waals surface area (Å²) < 4.78 is 15.8. The fraction of sp³-hybridized carbons (Fsp3) is 0.120. The van der Waals surface area contributed by atoms with E-state index in [0.717, 1.165) is 0 Å². The molecule has 3 aromatic carbocycles. The van der Waals surface area contributed by atoms with Gasteiger partial charge < -0.3 is 19.5 Å². The average Bonchev–Trinajstić information content (AvgIpc) is 2.82. The summed E-state index contributed by atoms with van der Waals surface area (Å²) in [5, 5.41) is 3.00. The molecule has 0 aliphatic heterocycles. The quantitative estimate of drug-likeness (QED) is 0.294. The number of anilines is 1. The second kappa shape index (κ2) is 11.0. The van der Waals surface area contributed by atoms with Gasteiger partial charge in [0.2, 0.25) is 0 Å². The van der Waals surface area contributed by atoms with Crippen molar-refractivity contribution in [3.8, 4) is 11.5 Å². The molecular weight excluding hydrogens is 430 g/mol. The van der Waals surface area contributed by atoms with Crippen molar-refractivity contribution in [1.82, 2.24) is 0 Å². The molecule has 0 heterocycles. The molecular formula is C25H22ClNO5. The minimum Gasteiger partial charge on any atom is -0.496 e. The summed E-state index contributed by atoms with van der Waals surface area (Å²) >= 11 is 6.07. The Morgan fingerprint density at radius 2 is 1.59 bits per heavy atom. The lowest BCUT2D eigenvalue weighted by Crippen LogP contribution is -2.21. The van der Waals surface area contributed by atoms with Crippen LogP contribution in [-0.4, -0.2) is 32.7 Å². The Balaban J connectivity index is 1.75. The number of rotatable bonds is 8. The maximum absolute atomic E-state index is 12.9. The molecule has 0 fully saturated rings. The summed E-state index contributed by atoms with van der Waals surface area (Å²) in [6.45, 7) is -0.460. The highest BCUT2D eigenvalue weighted by Gasteiger charge is 2.17. The van der Waals surface area contributed by atoms with Crippen molar-refractivity contribution in [2.75, 3.05) is 26.1 Å². The molecule has 6 nitrogen and oxygen atoms in total. The van der Waals surface area contributed by atoms with Gasteiger partial charge in [-0.15, -0.1) is 0 Å². The van der Waals surface area contributed by atoms with Crippen LogP contribution in [0.25, 0.3) is 11.6 Å². The minimum absolute atomic E-state index is 0.301. The van der Waals surface area contributed by atoms with Gasteiger partial charge in [0.25, 0.3) is 5.91 Å². The molecule has 0 bridgehead atoms. The van der Waals surface area contributed by atoms with Gasteiger partial charge in [-0.25, -0.2) is 4.79 Å². The number of carbonyl (C=O) groups excluding carboxylic acids is 2. The van der Waals surface area contributed by atoms with Crippen molar-refractivity contribution < 1.29 is 23.8 Å². The Bertz CT molecular complexity index is 1130. The van der Waals surface area contributed by atoms with E-state index in [9.17, 15) is 9.59 Å². The van der Waals surface area contributed by atoms with E-state index in [1.54, 1.807) is 49.6 Å². The second-order valence-corrected chi connectivity index (χ2v) is 7.05. The van der Waals surface area contributed by atoms with Crippen LogP contribution in [0.2, 0.25) is 5.02 Å². The summed E-state index contributed by atoms with van der Waals surface area (Å²) in [7, 11) is 3.06. The first-order chi connectivity index (χ1) is 15.5. The summed E-state index contributed by atoms with van der Waals surface area (Å²) in [4.78, 5) is 25.2. The molecule has 32 heavy (non-hydrogen) atoms. The van der Waals surface area contributed by atoms with E-state index < -0.39 is 18.5 Å². The monoisotopic (exact) mass is 451 g/mol. The van der Waals surface area contributed by atoms with E-state index in [1.165, 1.54) is 7.11 Å². The molecule has 7 heteroatoms. The van der Waals surface area contributed by atoms with Crippen LogP contribution in [0.15, 0.2) is 72.8 Å². The molecule has 1 N–H and O–H groups in total. The third kappa shape index (κ3) is 5.89. The van der Waals surface area contributed by atoms with Crippen LogP contribution in [0.5, 0.6) is 11.5 Å². The standard InChI is InChI=1S/C25H22ClNO5/c1-30-22-11-7-6-10-18(22)14-20(17-8-4-3-5-9-17)25(29)32-16-24(28)27-19-12-13-23(31-2)21(26)15-19/h3-15H,16H2,1-2H3,(H,27,28)/b20-14+. The topological polar surface area (TPSA) is 73.9 Å². The third-order valence-electron chi connectivity index (χ3n) is 4.51. The predicted octanol–water partition coefficient (Wildman–Crippen LogP) is 5.08. The Labute approximate surface area is 191 Å². The number of esters is 1. The van der Waals surface area contributed by atoms with Gasteiger partial charge in [0, 0.05) is 11.3 Å². The first-order valence-corrected chi connectivity index (χ1v) is 10.1. The van der Waals surface area contributed by atoms with E-state index in [-0.39, 0.29) is 0 Å². The average molecular weight is 452 g/mol. The van der Waals surface area contributed by atoms with Gasteiger partial charge in [-0.05, 0) is 35.9 Å². The van der Waals surface area contributed by atoms with Gasteiger partial charge in [-0.1, -0.05) is 60.1 Å². The van der Waals surface area contributed by atoms with Crippen LogP contribution in [0.4, 0.5) is 5.69 Å². The molecule has 1 amide bonds. The number of hydrogen-bond donors (Lipinski definition) is 1. The lowest BCUT2D eigenvalue weighted by Gasteiger charge is -2.11. The fourth-order valence-corrected chi connectivity index (χ4v) is 3.23. The minimum atomic E-state index is -0.634. The summed E-state index contributed by atoms with van der Waals surface area (Å²) in [5.41, 5.74) is 2.13. The van der Waals surface area contributed by atoms with Crippen molar-refractivity contribution >= 4 is 40.8 Å². The summed E-state index contributed by atoms with van der Waals surface area (Å²) in [5.74, 6) is -0.0257. The Morgan fingerprint density at radius 3 is 2.28 bits per heavy atom. The highest BCUT2D eigenvalue weighted by Crippen LogP contribution is 2.27. The molecule has 0 aromatic heterocycles. The van der Waals surface area contributed by atoms with E-state index >= 15 is 0 Å². The Morgan fingerprint density at radius 1 is 0.906 bits per heavy atom. The number of carbonyl (C=O) groups is 2. The van der Waals surface area contributed by atoms with E-state index in [0.29, 0.717) is 38.9 Å². The van der Waals surface area contributed by atoms with Crippen molar-refractivity contribution in [3.05, 3.63) is 88.9 Å². The molecule has 3 aromatic rings. The third-order valence-corrected chi connectivity index (χ3v) is 4.81. The largest absolute Gasteiger partial charge is 0.496 e.